The van der Waals surface area contributed by atoms with Gasteiger partial charge in [-0.15, -0.1) is 0 Å². The third kappa shape index (κ3) is 6.32. The molecule has 0 atom stereocenters. The summed E-state index contributed by atoms with van der Waals surface area (Å²) in [7, 11) is 5.12. The first-order valence-electron chi connectivity index (χ1n) is 13.0. The van der Waals surface area contributed by atoms with Gasteiger partial charge in [0.15, 0.2) is 0 Å². The number of carbonyl (C=O) groups is 3. The summed E-state index contributed by atoms with van der Waals surface area (Å²) in [6, 6.07) is 9.07. The van der Waals surface area contributed by atoms with Gasteiger partial charge in [-0.25, -0.2) is 9.59 Å². The van der Waals surface area contributed by atoms with Gasteiger partial charge in [-0.1, -0.05) is 0 Å². The summed E-state index contributed by atoms with van der Waals surface area (Å²) in [5, 5.41) is 8.18. The van der Waals surface area contributed by atoms with E-state index < -0.39 is 11.6 Å². The number of nitrogens with zero attached hydrogens (tertiary/aromatic N) is 4. The highest BCUT2D eigenvalue weighted by Crippen LogP contribution is 2.29. The molecule has 0 aliphatic carbocycles. The van der Waals surface area contributed by atoms with E-state index in [1.54, 1.807) is 33.8 Å². The van der Waals surface area contributed by atoms with Gasteiger partial charge < -0.3 is 24.6 Å². The van der Waals surface area contributed by atoms with Crippen LogP contribution in [0.5, 0.6) is 0 Å². The number of carbonyl (C=O) groups excluding carboxylic acids is 3. The highest BCUT2D eigenvalue weighted by Gasteiger charge is 2.29. The first-order chi connectivity index (χ1) is 18.4. The average Bonchev–Trinajstić information content (AvgIpc) is 3.28. The van der Waals surface area contributed by atoms with E-state index in [2.05, 4.69) is 15.3 Å². The molecule has 1 aliphatic rings. The maximum atomic E-state index is 13.2. The molecule has 1 N–H and O–H groups in total. The third-order valence-corrected chi connectivity index (χ3v) is 6.90. The SMILES string of the molecule is COC(=O)c1cc(N(C)C2CCN(C(=O)OC(C)(C)C)CC2)ccc1NC(=O)c1cc(C)c2nn(C)cc2c1. The second-order valence-electron chi connectivity index (χ2n) is 11.0. The first-order valence-corrected chi connectivity index (χ1v) is 13.0. The largest absolute Gasteiger partial charge is 0.465 e. The molecule has 0 radical (unpaired) electrons. The Kier molecular flexibility index (Phi) is 7.85. The number of nitrogens with one attached hydrogen (secondary N) is 1. The molecule has 4 rings (SSSR count). The van der Waals surface area contributed by atoms with Crippen LogP contribution in [0.3, 0.4) is 0 Å². The van der Waals surface area contributed by atoms with Crippen LogP contribution in [0.2, 0.25) is 0 Å². The molecule has 0 bridgehead atoms. The van der Waals surface area contributed by atoms with Gasteiger partial charge in [-0.3, -0.25) is 9.48 Å². The van der Waals surface area contributed by atoms with Crippen molar-refractivity contribution in [3.8, 4) is 0 Å². The molecule has 2 heterocycles. The molecule has 2 aromatic carbocycles. The summed E-state index contributed by atoms with van der Waals surface area (Å²) in [5.41, 5.74) is 3.12. The molecule has 0 saturated carbocycles. The van der Waals surface area contributed by atoms with Gasteiger partial charge in [0, 0.05) is 56.1 Å². The Labute approximate surface area is 228 Å². The van der Waals surface area contributed by atoms with Crippen molar-refractivity contribution in [2.24, 2.45) is 7.05 Å². The van der Waals surface area contributed by atoms with Crippen LogP contribution in [0.25, 0.3) is 10.9 Å². The van der Waals surface area contributed by atoms with Crippen LogP contribution in [0.15, 0.2) is 36.5 Å². The molecule has 10 heteroatoms. The Balaban J connectivity index is 1.50. The molecule has 1 fully saturated rings. The average molecular weight is 536 g/mol. The van der Waals surface area contributed by atoms with Gasteiger partial charge >= 0.3 is 12.1 Å². The fourth-order valence-corrected chi connectivity index (χ4v) is 4.87. The zero-order chi connectivity index (χ0) is 28.5. The minimum Gasteiger partial charge on any atom is -0.465 e. The molecular formula is C29H37N5O5. The second-order valence-corrected chi connectivity index (χ2v) is 11.0. The van der Waals surface area contributed by atoms with Crippen molar-refractivity contribution in [2.45, 2.75) is 52.2 Å². The number of benzene rings is 2. The summed E-state index contributed by atoms with van der Waals surface area (Å²) in [4.78, 5) is 42.1. The topological polar surface area (TPSA) is 106 Å². The number of rotatable bonds is 5. The Morgan fingerprint density at radius 2 is 1.79 bits per heavy atom. The van der Waals surface area contributed by atoms with E-state index in [-0.39, 0.29) is 23.6 Å². The second kappa shape index (κ2) is 11.0. The monoisotopic (exact) mass is 535 g/mol. The number of esters is 1. The van der Waals surface area contributed by atoms with Crippen molar-refractivity contribution in [3.63, 3.8) is 0 Å². The van der Waals surface area contributed by atoms with E-state index in [9.17, 15) is 14.4 Å². The summed E-state index contributed by atoms with van der Waals surface area (Å²) < 4.78 is 12.2. The molecule has 1 saturated heterocycles. The highest BCUT2D eigenvalue weighted by molar-refractivity contribution is 6.09. The predicted molar refractivity (Wildman–Crippen MR) is 150 cm³/mol. The molecule has 39 heavy (non-hydrogen) atoms. The van der Waals surface area contributed by atoms with Gasteiger partial charge in [0.1, 0.15) is 5.60 Å². The highest BCUT2D eigenvalue weighted by atomic mass is 16.6. The maximum absolute atomic E-state index is 13.2. The Bertz CT molecular complexity index is 1400. The van der Waals surface area contributed by atoms with Crippen molar-refractivity contribution in [1.82, 2.24) is 14.7 Å². The lowest BCUT2D eigenvalue weighted by atomic mass is 10.0. The Morgan fingerprint density at radius 1 is 1.10 bits per heavy atom. The van der Waals surface area contributed by atoms with Gasteiger partial charge in [-0.05, 0) is 76.4 Å². The minimum atomic E-state index is -0.542. The molecular weight excluding hydrogens is 498 g/mol. The number of ether oxygens (including phenoxy) is 2. The van der Waals surface area contributed by atoms with E-state index in [0.29, 0.717) is 24.3 Å². The normalized spacial score (nSPS) is 14.3. The van der Waals surface area contributed by atoms with Crippen molar-refractivity contribution >= 4 is 40.2 Å². The molecule has 2 amide bonds. The third-order valence-electron chi connectivity index (χ3n) is 6.90. The van der Waals surface area contributed by atoms with Gasteiger partial charge in [0.05, 0.1) is 23.9 Å². The minimum absolute atomic E-state index is 0.170. The van der Waals surface area contributed by atoms with Gasteiger partial charge in [-0.2, -0.15) is 5.10 Å². The lowest BCUT2D eigenvalue weighted by Crippen LogP contribution is -2.47. The van der Waals surface area contributed by atoms with Crippen molar-refractivity contribution in [1.29, 1.82) is 0 Å². The lowest BCUT2D eigenvalue weighted by molar-refractivity contribution is 0.0205. The fourth-order valence-electron chi connectivity index (χ4n) is 4.87. The molecule has 3 aromatic rings. The number of amides is 2. The molecule has 1 aromatic heterocycles. The zero-order valence-corrected chi connectivity index (χ0v) is 23.7. The maximum Gasteiger partial charge on any atom is 0.410 e. The number of likely N-dealkylation sites (tertiary alicyclic amines) is 1. The van der Waals surface area contributed by atoms with Crippen LogP contribution in [0, 0.1) is 6.92 Å². The number of hydrogen-bond acceptors (Lipinski definition) is 7. The summed E-state index contributed by atoms with van der Waals surface area (Å²) in [5.74, 6) is -0.871. The van der Waals surface area contributed by atoms with Crippen molar-refractivity contribution in [3.05, 3.63) is 53.2 Å². The quantitative estimate of drug-likeness (QED) is 0.470. The number of hydrogen-bond donors (Lipinski definition) is 1. The number of methoxy groups -OCH3 is 1. The lowest BCUT2D eigenvalue weighted by Gasteiger charge is -2.38. The Morgan fingerprint density at radius 3 is 2.44 bits per heavy atom. The van der Waals surface area contributed by atoms with Crippen LogP contribution in [-0.2, 0) is 16.5 Å². The molecule has 10 nitrogen and oxygen atoms in total. The molecule has 0 unspecified atom stereocenters. The van der Waals surface area contributed by atoms with E-state index in [1.165, 1.54) is 7.11 Å². The zero-order valence-electron chi connectivity index (χ0n) is 23.7. The van der Waals surface area contributed by atoms with Crippen molar-refractivity contribution < 1.29 is 23.9 Å². The van der Waals surface area contributed by atoms with Crippen LogP contribution < -0.4 is 10.2 Å². The number of aryl methyl sites for hydroxylation is 2. The fraction of sp³-hybridized carbons (Fsp3) is 0.448. The van der Waals surface area contributed by atoms with Crippen LogP contribution in [0.1, 0.15) is 59.9 Å². The van der Waals surface area contributed by atoms with Crippen LogP contribution in [-0.4, -0.2) is 71.5 Å². The smallest absolute Gasteiger partial charge is 0.410 e. The predicted octanol–water partition coefficient (Wildman–Crippen LogP) is 4.76. The Hall–Kier alpha value is -4.08. The van der Waals surface area contributed by atoms with Gasteiger partial charge in [0.2, 0.25) is 0 Å². The summed E-state index contributed by atoms with van der Waals surface area (Å²) in [6.45, 7) is 8.66. The van der Waals surface area contributed by atoms with E-state index >= 15 is 0 Å². The van der Waals surface area contributed by atoms with Crippen LogP contribution in [0.4, 0.5) is 16.2 Å². The summed E-state index contributed by atoms with van der Waals surface area (Å²) >= 11 is 0. The van der Waals surface area contributed by atoms with Crippen molar-refractivity contribution in [2.75, 3.05) is 37.5 Å². The van der Waals surface area contributed by atoms with E-state index in [0.717, 1.165) is 35.0 Å². The molecule has 1 aliphatic heterocycles. The number of aromatic nitrogens is 2. The van der Waals surface area contributed by atoms with E-state index in [1.807, 2.05) is 54.1 Å². The standard InChI is InChI=1S/C29H37N5O5/c1-18-14-19(15-20-17-32(5)31-25(18)20)26(35)30-24-9-8-22(16-23(24)27(36)38-7)33(6)21-10-12-34(13-11-21)28(37)39-29(2,3)4/h8-9,14-17,21H,10-13H2,1-7H3,(H,30,35). The molecule has 208 valence electrons. The first kappa shape index (κ1) is 27.9. The summed E-state index contributed by atoms with van der Waals surface area (Å²) in [6.07, 6.45) is 3.09. The van der Waals surface area contributed by atoms with Crippen LogP contribution >= 0.6 is 0 Å². The molecule has 0 spiro atoms. The number of fused-ring (bicyclic) bond motifs is 1. The number of anilines is 2. The van der Waals surface area contributed by atoms with Gasteiger partial charge in [0.25, 0.3) is 5.91 Å². The van der Waals surface area contributed by atoms with E-state index in [4.69, 9.17) is 9.47 Å². The number of piperidine rings is 1.